The van der Waals surface area contributed by atoms with E-state index in [0.29, 0.717) is 33.8 Å². The summed E-state index contributed by atoms with van der Waals surface area (Å²) in [6.07, 6.45) is 0. The number of Topliss-reactive ketones (excluding diaryl/α,β-unsaturated/α-hetero) is 1. The number of carbonyl (C=O) groups excluding carboxylic acids is 3. The van der Waals surface area contributed by atoms with Crippen LogP contribution in [0.3, 0.4) is 0 Å². The number of aromatic carboxylic acids is 1. The Morgan fingerprint density at radius 3 is 1.34 bits per heavy atom. The highest BCUT2D eigenvalue weighted by Gasteiger charge is 2.82. The number of benzene rings is 5. The summed E-state index contributed by atoms with van der Waals surface area (Å²) in [5, 5.41) is 9.54. The predicted octanol–water partition coefficient (Wildman–Crippen LogP) is 6.59. The summed E-state index contributed by atoms with van der Waals surface area (Å²) in [7, 11) is 3.16. The topological polar surface area (TPSA) is 110 Å². The Hall–Kier alpha value is -6.28. The van der Waals surface area contributed by atoms with Gasteiger partial charge in [-0.3, -0.25) is 14.4 Å². The second kappa shape index (κ2) is 11.4. The lowest BCUT2D eigenvalue weighted by molar-refractivity contribution is -0.130. The number of rotatable bonds is 8. The quantitative estimate of drug-likeness (QED) is 0.187. The van der Waals surface area contributed by atoms with Gasteiger partial charge in [0, 0.05) is 0 Å². The van der Waals surface area contributed by atoms with Gasteiger partial charge in [-0.15, -0.1) is 0 Å². The summed E-state index contributed by atoms with van der Waals surface area (Å²) >= 11 is 0. The lowest BCUT2D eigenvalue weighted by Crippen LogP contribution is -2.45. The summed E-state index contributed by atoms with van der Waals surface area (Å²) in [6, 6.07) is 39.1. The number of methoxy groups -OCH3 is 2. The van der Waals surface area contributed by atoms with Crippen molar-refractivity contribution in [1.29, 1.82) is 0 Å². The number of fused-ring (bicyclic) bond motifs is 5. The Morgan fingerprint density at radius 2 is 0.980 bits per heavy atom. The number of anilines is 1. The zero-order valence-corrected chi connectivity index (χ0v) is 27.2. The van der Waals surface area contributed by atoms with Gasteiger partial charge in [0.1, 0.15) is 11.5 Å². The van der Waals surface area contributed by atoms with Crippen molar-refractivity contribution < 1.29 is 33.8 Å². The third-order valence-corrected chi connectivity index (χ3v) is 10.6. The maximum absolute atomic E-state index is 16.0. The molecule has 0 spiro atoms. The first kappa shape index (κ1) is 31.0. The fraction of sp³-hybridized carbons (Fsp3) is 0.143. The highest BCUT2D eigenvalue weighted by Crippen LogP contribution is 2.74. The molecule has 246 valence electrons. The van der Waals surface area contributed by atoms with Crippen molar-refractivity contribution in [3.05, 3.63) is 161 Å². The van der Waals surface area contributed by atoms with E-state index in [1.165, 1.54) is 24.3 Å². The average molecular weight is 662 g/mol. The first-order valence-electron chi connectivity index (χ1n) is 16.2. The van der Waals surface area contributed by atoms with Crippen LogP contribution in [0.1, 0.15) is 32.6 Å². The van der Waals surface area contributed by atoms with Gasteiger partial charge in [0.25, 0.3) is 0 Å². The molecule has 8 heteroatoms. The summed E-state index contributed by atoms with van der Waals surface area (Å²) in [6.45, 7) is 0. The van der Waals surface area contributed by atoms with Gasteiger partial charge in [-0.1, -0.05) is 84.9 Å². The van der Waals surface area contributed by atoms with Crippen LogP contribution in [-0.2, 0) is 25.2 Å². The summed E-state index contributed by atoms with van der Waals surface area (Å²) in [4.78, 5) is 59.0. The SMILES string of the molecule is COc1ccc(C2=C(c3ccc(OC)cc3)[C@@]3(c4ccccc4)C(=O)[C@@]2(c2ccccc2)[C@H]2C(=O)N(c4ccc(C(=O)O)cc4)C(=O)[C@@H]23)cc1. The molecule has 2 aliphatic carbocycles. The van der Waals surface area contributed by atoms with Gasteiger partial charge in [0.15, 0.2) is 5.78 Å². The second-order valence-electron chi connectivity index (χ2n) is 12.7. The van der Waals surface area contributed by atoms with Crippen molar-refractivity contribution in [3.8, 4) is 11.5 Å². The minimum Gasteiger partial charge on any atom is -0.497 e. The number of ketones is 1. The molecule has 2 amide bonds. The molecule has 8 rings (SSSR count). The largest absolute Gasteiger partial charge is 0.497 e. The fourth-order valence-corrected chi connectivity index (χ4v) is 8.65. The van der Waals surface area contributed by atoms with E-state index in [9.17, 15) is 9.90 Å². The number of nitrogens with zero attached hydrogens (tertiary/aromatic N) is 1. The van der Waals surface area contributed by atoms with E-state index in [0.717, 1.165) is 16.0 Å². The maximum Gasteiger partial charge on any atom is 0.335 e. The van der Waals surface area contributed by atoms with Crippen LogP contribution >= 0.6 is 0 Å². The van der Waals surface area contributed by atoms with E-state index in [-0.39, 0.29) is 17.0 Å². The molecule has 4 atom stereocenters. The number of carbonyl (C=O) groups is 4. The van der Waals surface area contributed by atoms with Gasteiger partial charge < -0.3 is 14.6 Å². The minimum absolute atomic E-state index is 0.0232. The van der Waals surface area contributed by atoms with Crippen molar-refractivity contribution in [2.45, 2.75) is 10.8 Å². The molecule has 0 unspecified atom stereocenters. The van der Waals surface area contributed by atoms with Gasteiger partial charge in [-0.05, 0) is 81.9 Å². The lowest BCUT2D eigenvalue weighted by Gasteiger charge is -2.39. The van der Waals surface area contributed by atoms with Gasteiger partial charge in [0.05, 0.1) is 48.1 Å². The van der Waals surface area contributed by atoms with Gasteiger partial charge in [0.2, 0.25) is 11.8 Å². The third-order valence-electron chi connectivity index (χ3n) is 10.6. The van der Waals surface area contributed by atoms with Crippen molar-refractivity contribution >= 4 is 40.4 Å². The number of carboxylic acid groups (broad SMARTS) is 1. The molecule has 8 nitrogen and oxygen atoms in total. The number of carboxylic acids is 1. The monoisotopic (exact) mass is 661 g/mol. The zero-order chi connectivity index (χ0) is 34.8. The average Bonchev–Trinajstić information content (AvgIpc) is 3.67. The van der Waals surface area contributed by atoms with Gasteiger partial charge in [-0.2, -0.15) is 0 Å². The Balaban J connectivity index is 1.51. The van der Waals surface area contributed by atoms with Crippen LogP contribution in [0.2, 0.25) is 0 Å². The smallest absolute Gasteiger partial charge is 0.335 e. The number of hydrogen-bond donors (Lipinski definition) is 1. The van der Waals surface area contributed by atoms with Crippen molar-refractivity contribution in [2.24, 2.45) is 11.8 Å². The summed E-state index contributed by atoms with van der Waals surface area (Å²) in [5.74, 6) is -3.36. The van der Waals surface area contributed by atoms with E-state index in [1.54, 1.807) is 14.2 Å². The molecule has 0 radical (unpaired) electrons. The predicted molar refractivity (Wildman–Crippen MR) is 187 cm³/mol. The Bertz CT molecular complexity index is 2080. The zero-order valence-electron chi connectivity index (χ0n) is 27.2. The molecule has 3 aliphatic rings. The first-order chi connectivity index (χ1) is 24.3. The molecule has 5 aromatic rings. The van der Waals surface area contributed by atoms with Crippen LogP contribution in [-0.4, -0.2) is 42.9 Å². The molecule has 2 fully saturated rings. The minimum atomic E-state index is -1.58. The molecule has 1 saturated carbocycles. The Morgan fingerprint density at radius 1 is 0.580 bits per heavy atom. The first-order valence-corrected chi connectivity index (χ1v) is 16.2. The lowest BCUT2D eigenvalue weighted by atomic mass is 9.59. The van der Waals surface area contributed by atoms with Crippen LogP contribution < -0.4 is 14.4 Å². The van der Waals surface area contributed by atoms with Crippen LogP contribution in [0.4, 0.5) is 5.69 Å². The fourth-order valence-electron chi connectivity index (χ4n) is 8.65. The molecule has 5 aromatic carbocycles. The molecule has 0 aromatic heterocycles. The second-order valence-corrected chi connectivity index (χ2v) is 12.7. The Kier molecular flexibility index (Phi) is 7.08. The standard InChI is InChI=1S/C42H31NO7/c1-49-31-21-15-25(16-22-31)33-34(26-17-23-32(50-2)24-18-26)42(29-11-7-4-8-12-29)36-35(41(33,40(42)48)28-9-5-3-6-10-28)37(44)43(38(36)45)30-19-13-27(14-20-30)39(46)47/h3-24,35-36H,1-2H3,(H,46,47)/t35-,36-,41-,42-/m1/s1. The molecule has 1 N–H and O–H groups in total. The summed E-state index contributed by atoms with van der Waals surface area (Å²) < 4.78 is 11.0. The van der Waals surface area contributed by atoms with E-state index >= 15 is 14.4 Å². The van der Waals surface area contributed by atoms with Gasteiger partial charge in [-0.25, -0.2) is 9.69 Å². The number of amides is 2. The van der Waals surface area contributed by atoms with E-state index in [1.807, 2.05) is 109 Å². The molecule has 50 heavy (non-hydrogen) atoms. The van der Waals surface area contributed by atoms with Crippen molar-refractivity contribution in [1.82, 2.24) is 0 Å². The Labute approximate surface area is 288 Å². The van der Waals surface area contributed by atoms with Gasteiger partial charge >= 0.3 is 5.97 Å². The van der Waals surface area contributed by atoms with Crippen molar-refractivity contribution in [2.75, 3.05) is 19.1 Å². The third kappa shape index (κ3) is 3.99. The molecular formula is C42H31NO7. The summed E-state index contributed by atoms with van der Waals surface area (Å²) in [5.41, 5.74) is 1.07. The van der Waals surface area contributed by atoms with Crippen LogP contribution in [0, 0.1) is 11.8 Å². The number of imide groups is 1. The molecule has 2 bridgehead atoms. The molecule has 1 heterocycles. The van der Waals surface area contributed by atoms with Crippen LogP contribution in [0.15, 0.2) is 133 Å². The van der Waals surface area contributed by atoms with E-state index < -0.39 is 40.4 Å². The number of hydrogen-bond acceptors (Lipinski definition) is 6. The van der Waals surface area contributed by atoms with E-state index in [2.05, 4.69) is 0 Å². The number of ether oxygens (including phenoxy) is 2. The van der Waals surface area contributed by atoms with Crippen LogP contribution in [0.25, 0.3) is 11.1 Å². The van der Waals surface area contributed by atoms with Crippen molar-refractivity contribution in [3.63, 3.8) is 0 Å². The van der Waals surface area contributed by atoms with E-state index in [4.69, 9.17) is 9.47 Å². The normalized spacial score (nSPS) is 23.7. The molecule has 1 aliphatic heterocycles. The molecular weight excluding hydrogens is 630 g/mol. The number of allylic oxidation sites excluding steroid dienone is 2. The highest BCUT2D eigenvalue weighted by molar-refractivity contribution is 6.39. The van der Waals surface area contributed by atoms with Crippen LogP contribution in [0.5, 0.6) is 11.5 Å². The highest BCUT2D eigenvalue weighted by atomic mass is 16.5. The maximum atomic E-state index is 16.0. The molecule has 1 saturated heterocycles.